The summed E-state index contributed by atoms with van der Waals surface area (Å²) in [7, 11) is 3.10. The molecule has 0 atom stereocenters. The molecule has 0 spiro atoms. The largest absolute Gasteiger partial charge is 0.354 e. The highest BCUT2D eigenvalue weighted by atomic mass is 16.2. The molecule has 0 saturated heterocycles. The van der Waals surface area contributed by atoms with Gasteiger partial charge in [0.2, 0.25) is 0 Å². The van der Waals surface area contributed by atoms with E-state index in [0.29, 0.717) is 22.6 Å². The van der Waals surface area contributed by atoms with Crippen LogP contribution in [0, 0.1) is 6.92 Å². The molecule has 176 valence electrons. The van der Waals surface area contributed by atoms with Crippen molar-refractivity contribution in [2.75, 3.05) is 29.6 Å². The normalized spacial score (nSPS) is 10.5. The lowest BCUT2D eigenvalue weighted by Gasteiger charge is -2.19. The van der Waals surface area contributed by atoms with Crippen LogP contribution in [0.2, 0.25) is 0 Å². The molecule has 0 bridgehead atoms. The molecule has 0 aliphatic heterocycles. The van der Waals surface area contributed by atoms with E-state index in [9.17, 15) is 14.4 Å². The number of fused-ring (bicyclic) bond motifs is 1. The molecule has 8 nitrogen and oxygen atoms in total. The number of aromatic nitrogens is 1. The Morgan fingerprint density at radius 2 is 1.60 bits per heavy atom. The first-order valence-corrected chi connectivity index (χ1v) is 11.0. The monoisotopic (exact) mass is 467 g/mol. The minimum Gasteiger partial charge on any atom is -0.354 e. The van der Waals surface area contributed by atoms with Crippen LogP contribution in [0.15, 0.2) is 79.0 Å². The van der Waals surface area contributed by atoms with E-state index in [0.717, 1.165) is 16.3 Å². The number of pyridine rings is 1. The average molecular weight is 468 g/mol. The summed E-state index contributed by atoms with van der Waals surface area (Å²) in [5.41, 5.74) is 3.10. The molecule has 1 heterocycles. The Morgan fingerprint density at radius 3 is 2.37 bits per heavy atom. The number of benzene rings is 3. The van der Waals surface area contributed by atoms with E-state index in [1.807, 2.05) is 49.4 Å². The highest BCUT2D eigenvalue weighted by Crippen LogP contribution is 2.22. The minimum absolute atomic E-state index is 0.202. The molecule has 4 aromatic rings. The van der Waals surface area contributed by atoms with Gasteiger partial charge in [-0.05, 0) is 59.7 Å². The van der Waals surface area contributed by atoms with Crippen molar-refractivity contribution in [1.82, 2.24) is 10.3 Å². The van der Waals surface area contributed by atoms with Gasteiger partial charge in [0.05, 0.1) is 0 Å². The van der Waals surface area contributed by atoms with E-state index in [4.69, 9.17) is 0 Å². The Morgan fingerprint density at radius 1 is 0.829 bits per heavy atom. The highest BCUT2D eigenvalue weighted by Gasteiger charge is 2.16. The van der Waals surface area contributed by atoms with Crippen LogP contribution in [0.1, 0.15) is 26.4 Å². The van der Waals surface area contributed by atoms with Crippen molar-refractivity contribution in [3.63, 3.8) is 0 Å². The number of anilines is 3. The van der Waals surface area contributed by atoms with Crippen LogP contribution in [0.4, 0.5) is 21.9 Å². The van der Waals surface area contributed by atoms with Gasteiger partial charge in [0, 0.05) is 42.9 Å². The summed E-state index contributed by atoms with van der Waals surface area (Å²) in [6.45, 7) is 1.84. The number of aryl methyl sites for hydroxylation is 1. The number of hydrogen-bond donors (Lipinski definition) is 3. The van der Waals surface area contributed by atoms with Crippen molar-refractivity contribution in [1.29, 1.82) is 0 Å². The van der Waals surface area contributed by atoms with Crippen LogP contribution in [0.5, 0.6) is 0 Å². The maximum absolute atomic E-state index is 12.9. The molecule has 8 heteroatoms. The predicted octanol–water partition coefficient (Wildman–Crippen LogP) is 4.82. The Labute approximate surface area is 203 Å². The second-order valence-corrected chi connectivity index (χ2v) is 8.01. The quantitative estimate of drug-likeness (QED) is 0.391. The molecule has 1 aromatic heterocycles. The zero-order valence-electron chi connectivity index (χ0n) is 19.6. The Kier molecular flexibility index (Phi) is 6.73. The molecule has 3 N–H and O–H groups in total. The van der Waals surface area contributed by atoms with E-state index in [1.165, 1.54) is 24.2 Å². The topological polar surface area (TPSA) is 103 Å². The van der Waals surface area contributed by atoms with Gasteiger partial charge >= 0.3 is 6.03 Å². The molecule has 4 rings (SSSR count). The molecular formula is C27H25N5O3. The number of nitrogens with zero attached hydrogens (tertiary/aromatic N) is 2. The summed E-state index contributed by atoms with van der Waals surface area (Å²) in [4.78, 5) is 43.1. The third-order valence-corrected chi connectivity index (χ3v) is 5.64. The van der Waals surface area contributed by atoms with Gasteiger partial charge in [0.25, 0.3) is 11.8 Å². The zero-order valence-corrected chi connectivity index (χ0v) is 19.6. The Hall–Kier alpha value is -4.72. The van der Waals surface area contributed by atoms with Crippen molar-refractivity contribution in [2.45, 2.75) is 6.92 Å². The lowest BCUT2D eigenvalue weighted by molar-refractivity contribution is 0.0957. The first-order chi connectivity index (χ1) is 16.9. The summed E-state index contributed by atoms with van der Waals surface area (Å²) in [5.74, 6) is -0.630. The lowest BCUT2D eigenvalue weighted by atomic mass is 10.1. The Balaban J connectivity index is 1.50. The second-order valence-electron chi connectivity index (χ2n) is 8.01. The molecule has 4 amide bonds. The van der Waals surface area contributed by atoms with Crippen LogP contribution in [0.3, 0.4) is 0 Å². The summed E-state index contributed by atoms with van der Waals surface area (Å²) in [5, 5.41) is 10.4. The van der Waals surface area contributed by atoms with E-state index in [2.05, 4.69) is 20.9 Å². The predicted molar refractivity (Wildman–Crippen MR) is 138 cm³/mol. The molecule has 0 saturated carbocycles. The number of carbonyl (C=O) groups excluding carboxylic acids is 3. The molecule has 3 aromatic carbocycles. The first kappa shape index (κ1) is 23.4. The van der Waals surface area contributed by atoms with Gasteiger partial charge in [-0.3, -0.25) is 19.5 Å². The SMILES string of the molecule is CNC(=O)c1cc(N(C)C(=O)Nc2cc(C(=O)Nc3ccc4ccccc4c3)ccc2C)ccn1. The number of rotatable bonds is 5. The maximum atomic E-state index is 12.9. The minimum atomic E-state index is -0.422. The average Bonchev–Trinajstić information content (AvgIpc) is 2.88. The molecular weight excluding hydrogens is 442 g/mol. The van der Waals surface area contributed by atoms with Crippen molar-refractivity contribution in [3.05, 3.63) is 95.8 Å². The lowest BCUT2D eigenvalue weighted by Crippen LogP contribution is -2.32. The molecule has 0 unspecified atom stereocenters. The smallest absolute Gasteiger partial charge is 0.326 e. The molecule has 35 heavy (non-hydrogen) atoms. The van der Waals surface area contributed by atoms with Crippen molar-refractivity contribution in [2.24, 2.45) is 0 Å². The summed E-state index contributed by atoms with van der Waals surface area (Å²) < 4.78 is 0. The van der Waals surface area contributed by atoms with Crippen molar-refractivity contribution < 1.29 is 14.4 Å². The van der Waals surface area contributed by atoms with Gasteiger partial charge in [0.15, 0.2) is 0 Å². The molecule has 0 fully saturated rings. The van der Waals surface area contributed by atoms with Crippen molar-refractivity contribution >= 4 is 45.7 Å². The van der Waals surface area contributed by atoms with Crippen LogP contribution in [-0.4, -0.2) is 36.9 Å². The molecule has 0 radical (unpaired) electrons. The molecule has 0 aliphatic carbocycles. The zero-order chi connectivity index (χ0) is 24.9. The fraction of sp³-hybridized carbons (Fsp3) is 0.111. The van der Waals surface area contributed by atoms with Crippen molar-refractivity contribution in [3.8, 4) is 0 Å². The van der Waals surface area contributed by atoms with Crippen LogP contribution < -0.4 is 20.9 Å². The van der Waals surface area contributed by atoms with E-state index in [1.54, 1.807) is 31.3 Å². The third-order valence-electron chi connectivity index (χ3n) is 5.64. The fourth-order valence-electron chi connectivity index (χ4n) is 3.56. The van der Waals surface area contributed by atoms with Gasteiger partial charge in [0.1, 0.15) is 5.69 Å². The second kappa shape index (κ2) is 10.0. The fourth-order valence-corrected chi connectivity index (χ4v) is 3.56. The number of amides is 4. The number of carbonyl (C=O) groups is 3. The highest BCUT2D eigenvalue weighted by molar-refractivity contribution is 6.07. The van der Waals surface area contributed by atoms with Gasteiger partial charge < -0.3 is 16.0 Å². The summed E-state index contributed by atoms with van der Waals surface area (Å²) >= 11 is 0. The van der Waals surface area contributed by atoms with Crippen LogP contribution in [0.25, 0.3) is 10.8 Å². The maximum Gasteiger partial charge on any atom is 0.326 e. The van der Waals surface area contributed by atoms with Crippen LogP contribution in [-0.2, 0) is 0 Å². The Bertz CT molecular complexity index is 1430. The number of hydrogen-bond acceptors (Lipinski definition) is 4. The number of nitrogens with one attached hydrogen (secondary N) is 3. The van der Waals surface area contributed by atoms with E-state index < -0.39 is 6.03 Å². The van der Waals surface area contributed by atoms with Gasteiger partial charge in [-0.25, -0.2) is 4.79 Å². The number of urea groups is 1. The van der Waals surface area contributed by atoms with Gasteiger partial charge in [-0.1, -0.05) is 36.4 Å². The van der Waals surface area contributed by atoms with Gasteiger partial charge in [-0.2, -0.15) is 0 Å². The summed E-state index contributed by atoms with van der Waals surface area (Å²) in [6, 6.07) is 21.5. The van der Waals surface area contributed by atoms with E-state index in [-0.39, 0.29) is 17.5 Å². The summed E-state index contributed by atoms with van der Waals surface area (Å²) in [6.07, 6.45) is 1.46. The first-order valence-electron chi connectivity index (χ1n) is 11.0. The van der Waals surface area contributed by atoms with Gasteiger partial charge in [-0.15, -0.1) is 0 Å². The third kappa shape index (κ3) is 5.27. The molecule has 0 aliphatic rings. The van der Waals surface area contributed by atoms with Crippen LogP contribution >= 0.6 is 0 Å². The van der Waals surface area contributed by atoms with E-state index >= 15 is 0 Å². The standard InChI is InChI=1S/C27H25N5O3/c1-17-8-9-20(25(33)30-21-11-10-18-6-4-5-7-19(18)14-21)15-23(17)31-27(35)32(3)22-12-13-29-24(16-22)26(34)28-2/h4-16H,1-3H3,(H,28,34)(H,30,33)(H,31,35).